The van der Waals surface area contributed by atoms with Crippen LogP contribution in [0, 0.1) is 11.3 Å². The van der Waals surface area contributed by atoms with Gasteiger partial charge in [-0.25, -0.2) is 13.1 Å². The number of sulfonamides is 1. The number of aromatic nitrogens is 1. The van der Waals surface area contributed by atoms with Gasteiger partial charge in [-0.3, -0.25) is 0 Å². The van der Waals surface area contributed by atoms with Gasteiger partial charge >= 0.3 is 0 Å². The average molecular weight is 284 g/mol. The third kappa shape index (κ3) is 5.42. The van der Waals surface area contributed by atoms with Gasteiger partial charge in [0.1, 0.15) is 11.8 Å². The lowest BCUT2D eigenvalue weighted by molar-refractivity contribution is 0.421. The molecule has 0 unspecified atom stereocenters. The first-order valence-electron chi connectivity index (χ1n) is 5.88. The third-order valence-corrected chi connectivity index (χ3v) is 3.46. The van der Waals surface area contributed by atoms with Gasteiger partial charge in [-0.2, -0.15) is 5.26 Å². The van der Waals surface area contributed by atoms with Crippen molar-refractivity contribution >= 4 is 10.0 Å². The van der Waals surface area contributed by atoms with E-state index in [2.05, 4.69) is 16.1 Å². The van der Waals surface area contributed by atoms with Gasteiger partial charge in [0.2, 0.25) is 10.0 Å². The molecule has 6 nitrogen and oxygen atoms in total. The Balaban J connectivity index is 2.52. The molecule has 1 heterocycles. The van der Waals surface area contributed by atoms with E-state index < -0.39 is 15.6 Å². The van der Waals surface area contributed by atoms with Crippen LogP contribution < -0.4 is 10.0 Å². The largest absolute Gasteiger partial charge is 0.342 e. The van der Waals surface area contributed by atoms with Crippen LogP contribution in [0.4, 0.5) is 0 Å². The average Bonchev–Trinajstić information content (AvgIpc) is 2.54. The topological polar surface area (TPSA) is 86.9 Å². The molecule has 0 aliphatic carbocycles. The highest BCUT2D eigenvalue weighted by Gasteiger charge is 2.21. The fourth-order valence-electron chi connectivity index (χ4n) is 1.90. The highest BCUT2D eigenvalue weighted by molar-refractivity contribution is 7.88. The standard InChI is InChI=1S/C12H20N4O2S/c1-12(2,15-19(4,17)18)9-14-7-10-5-11(6-13)16(3)8-10/h5,8,14-15H,7,9H2,1-4H3. The fraction of sp³-hybridized carbons (Fsp3) is 0.583. The summed E-state index contributed by atoms with van der Waals surface area (Å²) in [5.74, 6) is 0. The zero-order valence-corrected chi connectivity index (χ0v) is 12.5. The van der Waals surface area contributed by atoms with Crippen molar-refractivity contribution in [2.24, 2.45) is 7.05 Å². The molecule has 0 saturated heterocycles. The van der Waals surface area contributed by atoms with Gasteiger partial charge in [0, 0.05) is 31.9 Å². The van der Waals surface area contributed by atoms with Crippen LogP contribution in [0.3, 0.4) is 0 Å². The van der Waals surface area contributed by atoms with E-state index in [1.54, 1.807) is 4.57 Å². The molecule has 7 heteroatoms. The third-order valence-electron chi connectivity index (χ3n) is 2.53. The van der Waals surface area contributed by atoms with Gasteiger partial charge in [0.25, 0.3) is 0 Å². The maximum absolute atomic E-state index is 11.2. The Morgan fingerprint density at radius 2 is 2.11 bits per heavy atom. The molecular formula is C12H20N4O2S. The van der Waals surface area contributed by atoms with Crippen molar-refractivity contribution in [2.75, 3.05) is 12.8 Å². The summed E-state index contributed by atoms with van der Waals surface area (Å²) in [4.78, 5) is 0. The first-order valence-corrected chi connectivity index (χ1v) is 7.77. The summed E-state index contributed by atoms with van der Waals surface area (Å²) in [5.41, 5.74) is 1.04. The van der Waals surface area contributed by atoms with Crippen molar-refractivity contribution < 1.29 is 8.42 Å². The molecule has 0 aliphatic rings. The predicted molar refractivity (Wildman–Crippen MR) is 73.9 cm³/mol. The van der Waals surface area contributed by atoms with Crippen LogP contribution in [0.5, 0.6) is 0 Å². The number of nitrogens with one attached hydrogen (secondary N) is 2. The Morgan fingerprint density at radius 3 is 2.58 bits per heavy atom. The van der Waals surface area contributed by atoms with Crippen LogP contribution in [0.2, 0.25) is 0 Å². The number of aryl methyl sites for hydroxylation is 1. The minimum absolute atomic E-state index is 0.497. The van der Waals surface area contributed by atoms with E-state index in [0.29, 0.717) is 18.8 Å². The van der Waals surface area contributed by atoms with E-state index in [1.807, 2.05) is 33.2 Å². The normalized spacial score (nSPS) is 12.4. The first kappa shape index (κ1) is 15.7. The number of hydrogen-bond acceptors (Lipinski definition) is 4. The molecule has 2 N–H and O–H groups in total. The Hall–Kier alpha value is -1.36. The smallest absolute Gasteiger partial charge is 0.209 e. The second-order valence-electron chi connectivity index (χ2n) is 5.32. The van der Waals surface area contributed by atoms with Crippen molar-refractivity contribution in [1.82, 2.24) is 14.6 Å². The first-order chi connectivity index (χ1) is 8.63. The van der Waals surface area contributed by atoms with Crippen LogP contribution in [0.25, 0.3) is 0 Å². The molecule has 0 fully saturated rings. The van der Waals surface area contributed by atoms with Gasteiger partial charge in [0.05, 0.1) is 6.26 Å². The van der Waals surface area contributed by atoms with E-state index in [0.717, 1.165) is 11.8 Å². The number of nitriles is 1. The van der Waals surface area contributed by atoms with Crippen LogP contribution >= 0.6 is 0 Å². The predicted octanol–water partition coefficient (Wildman–Crippen LogP) is 0.314. The molecule has 0 bridgehead atoms. The molecule has 1 aromatic heterocycles. The van der Waals surface area contributed by atoms with Gasteiger partial charge in [-0.1, -0.05) is 0 Å². The van der Waals surface area contributed by atoms with Crippen LogP contribution in [-0.2, 0) is 23.6 Å². The molecule has 0 amide bonds. The van der Waals surface area contributed by atoms with E-state index >= 15 is 0 Å². The van der Waals surface area contributed by atoms with Crippen LogP contribution in [-0.4, -0.2) is 31.3 Å². The van der Waals surface area contributed by atoms with Crippen molar-refractivity contribution in [3.8, 4) is 6.07 Å². The Kier molecular flexibility index (Phi) is 4.74. The van der Waals surface area contributed by atoms with Gasteiger partial charge in [-0.05, 0) is 25.5 Å². The van der Waals surface area contributed by atoms with E-state index in [9.17, 15) is 8.42 Å². The molecule has 0 spiro atoms. The highest BCUT2D eigenvalue weighted by atomic mass is 32.2. The molecule has 0 aliphatic heterocycles. The quantitative estimate of drug-likeness (QED) is 0.787. The Bertz CT molecular complexity index is 581. The molecule has 0 atom stereocenters. The lowest BCUT2D eigenvalue weighted by Gasteiger charge is -2.25. The second kappa shape index (κ2) is 5.74. The zero-order chi connectivity index (χ0) is 14.7. The molecule has 106 valence electrons. The fourth-order valence-corrected chi connectivity index (χ4v) is 2.97. The van der Waals surface area contributed by atoms with E-state index in [4.69, 9.17) is 5.26 Å². The summed E-state index contributed by atoms with van der Waals surface area (Å²) in [7, 11) is -1.40. The summed E-state index contributed by atoms with van der Waals surface area (Å²) in [6, 6.07) is 3.91. The zero-order valence-electron chi connectivity index (χ0n) is 11.7. The van der Waals surface area contributed by atoms with Crippen molar-refractivity contribution in [3.05, 3.63) is 23.5 Å². The summed E-state index contributed by atoms with van der Waals surface area (Å²) in [6.07, 6.45) is 3.02. The SMILES string of the molecule is Cn1cc(CNCC(C)(C)NS(C)(=O)=O)cc1C#N. The Morgan fingerprint density at radius 1 is 1.47 bits per heavy atom. The van der Waals surface area contributed by atoms with Gasteiger partial charge < -0.3 is 9.88 Å². The summed E-state index contributed by atoms with van der Waals surface area (Å²) in [6.45, 7) is 4.71. The number of rotatable bonds is 6. The van der Waals surface area contributed by atoms with E-state index in [1.165, 1.54) is 0 Å². The lowest BCUT2D eigenvalue weighted by Crippen LogP contribution is -2.49. The molecule has 0 radical (unpaired) electrons. The van der Waals surface area contributed by atoms with Crippen LogP contribution in [0.15, 0.2) is 12.3 Å². The molecule has 0 aromatic carbocycles. The molecule has 1 rings (SSSR count). The highest BCUT2D eigenvalue weighted by Crippen LogP contribution is 2.07. The molecule has 19 heavy (non-hydrogen) atoms. The summed E-state index contributed by atoms with van der Waals surface area (Å²) in [5, 5.41) is 12.0. The van der Waals surface area contributed by atoms with Crippen molar-refractivity contribution in [2.45, 2.75) is 25.9 Å². The maximum atomic E-state index is 11.2. The minimum atomic E-state index is -3.22. The van der Waals surface area contributed by atoms with E-state index in [-0.39, 0.29) is 0 Å². The second-order valence-corrected chi connectivity index (χ2v) is 7.07. The summed E-state index contributed by atoms with van der Waals surface area (Å²) < 4.78 is 26.7. The molecular weight excluding hydrogens is 264 g/mol. The van der Waals surface area contributed by atoms with Gasteiger partial charge in [-0.15, -0.1) is 0 Å². The number of nitrogens with zero attached hydrogens (tertiary/aromatic N) is 2. The lowest BCUT2D eigenvalue weighted by atomic mass is 10.1. The minimum Gasteiger partial charge on any atom is -0.342 e. The Labute approximate surface area is 114 Å². The number of hydrogen-bond donors (Lipinski definition) is 2. The maximum Gasteiger partial charge on any atom is 0.209 e. The molecule has 0 saturated carbocycles. The monoisotopic (exact) mass is 284 g/mol. The molecule has 1 aromatic rings. The van der Waals surface area contributed by atoms with Crippen molar-refractivity contribution in [3.63, 3.8) is 0 Å². The summed E-state index contributed by atoms with van der Waals surface area (Å²) >= 11 is 0. The van der Waals surface area contributed by atoms with Gasteiger partial charge in [0.15, 0.2) is 0 Å². The van der Waals surface area contributed by atoms with Crippen molar-refractivity contribution in [1.29, 1.82) is 5.26 Å². The van der Waals surface area contributed by atoms with Crippen LogP contribution in [0.1, 0.15) is 25.1 Å².